The quantitative estimate of drug-likeness (QED) is 0.811. The summed E-state index contributed by atoms with van der Waals surface area (Å²) in [5.41, 5.74) is 1.28. The third-order valence-corrected chi connectivity index (χ3v) is 5.49. The highest BCUT2D eigenvalue weighted by molar-refractivity contribution is 6.10. The van der Waals surface area contributed by atoms with Crippen LogP contribution in [0, 0.1) is 17.4 Å². The number of fused-ring (bicyclic) bond motifs is 6. The molecule has 1 N–H and O–H groups in total. The number of nitrogens with one attached hydrogen (secondary N) is 1. The fourth-order valence-corrected chi connectivity index (χ4v) is 4.43. The number of hydrazone groups is 1. The van der Waals surface area contributed by atoms with E-state index in [2.05, 4.69) is 25.8 Å². The van der Waals surface area contributed by atoms with Gasteiger partial charge >= 0.3 is 6.18 Å². The molecular weight excluding hydrogens is 363 g/mol. The molecule has 1 aliphatic carbocycles. The highest BCUT2D eigenvalue weighted by Crippen LogP contribution is 2.46. The van der Waals surface area contributed by atoms with Crippen molar-refractivity contribution in [3.8, 4) is 6.19 Å². The molecule has 3 unspecified atom stereocenters. The van der Waals surface area contributed by atoms with Gasteiger partial charge in [-0.1, -0.05) is 18.1 Å². The summed E-state index contributed by atoms with van der Waals surface area (Å²) in [6.45, 7) is 0. The monoisotopic (exact) mass is 377 g/mol. The van der Waals surface area contributed by atoms with E-state index in [1.54, 1.807) is 17.4 Å². The Hall–Kier alpha value is -3.10. The minimum absolute atomic E-state index is 0.000372. The normalized spacial score (nSPS) is 26.5. The Kier molecular flexibility index (Phi) is 3.25. The zero-order valence-corrected chi connectivity index (χ0v) is 13.9. The van der Waals surface area contributed by atoms with Gasteiger partial charge in [0.25, 0.3) is 0 Å². The topological polar surface area (TPSA) is 99.9 Å². The van der Waals surface area contributed by atoms with Crippen molar-refractivity contribution in [3.63, 3.8) is 0 Å². The lowest BCUT2D eigenvalue weighted by Crippen LogP contribution is -2.54. The van der Waals surface area contributed by atoms with Crippen molar-refractivity contribution in [2.75, 3.05) is 4.90 Å². The maximum atomic E-state index is 13.5. The number of rotatable bonds is 1. The number of alkyl halides is 3. The van der Waals surface area contributed by atoms with E-state index in [0.29, 0.717) is 5.82 Å². The van der Waals surface area contributed by atoms with Crippen molar-refractivity contribution in [1.29, 1.82) is 5.26 Å². The first-order valence-electron chi connectivity index (χ1n) is 8.58. The van der Waals surface area contributed by atoms with Gasteiger partial charge in [-0.15, -0.1) is 9.78 Å². The van der Waals surface area contributed by atoms with Gasteiger partial charge in [-0.05, 0) is 12.8 Å². The molecule has 0 aromatic carbocycles. The van der Waals surface area contributed by atoms with Crippen molar-refractivity contribution in [1.82, 2.24) is 30.0 Å². The van der Waals surface area contributed by atoms with Gasteiger partial charge in [-0.3, -0.25) is 10.3 Å². The van der Waals surface area contributed by atoms with E-state index in [9.17, 15) is 13.2 Å². The van der Waals surface area contributed by atoms with Crippen LogP contribution in [0.1, 0.15) is 43.1 Å². The number of halogens is 3. The second kappa shape index (κ2) is 5.45. The SMILES string of the molecule is N#Cn1nnc(C2=NNC3C4CCCCC4n4cncc4N23)c1C(F)(F)F. The molecule has 1 fully saturated rings. The van der Waals surface area contributed by atoms with E-state index in [0.717, 1.165) is 25.7 Å². The van der Waals surface area contributed by atoms with E-state index in [4.69, 9.17) is 5.26 Å². The third-order valence-electron chi connectivity index (χ3n) is 5.49. The number of hydrogen-bond acceptors (Lipinski definition) is 7. The molecule has 9 nitrogen and oxygen atoms in total. The average molecular weight is 377 g/mol. The maximum Gasteiger partial charge on any atom is 0.436 e. The number of nitrogens with zero attached hydrogens (tertiary/aromatic N) is 8. The summed E-state index contributed by atoms with van der Waals surface area (Å²) in [4.78, 5) is 5.89. The van der Waals surface area contributed by atoms with E-state index in [1.807, 2.05) is 4.57 Å². The number of amidine groups is 1. The van der Waals surface area contributed by atoms with Crippen LogP contribution in [0.3, 0.4) is 0 Å². The van der Waals surface area contributed by atoms with E-state index in [-0.39, 0.29) is 28.6 Å². The van der Waals surface area contributed by atoms with E-state index in [1.165, 1.54) is 6.19 Å². The van der Waals surface area contributed by atoms with Crippen LogP contribution in [0.5, 0.6) is 0 Å². The van der Waals surface area contributed by atoms with Crippen LogP contribution in [0.4, 0.5) is 19.0 Å². The molecule has 3 atom stereocenters. The Morgan fingerprint density at radius 3 is 2.85 bits per heavy atom. The first kappa shape index (κ1) is 16.1. The van der Waals surface area contributed by atoms with Gasteiger partial charge in [0.15, 0.2) is 17.2 Å². The van der Waals surface area contributed by atoms with Crippen molar-refractivity contribution >= 4 is 11.7 Å². The molecule has 2 aromatic rings. The lowest BCUT2D eigenvalue weighted by Gasteiger charge is -2.45. The van der Waals surface area contributed by atoms with Gasteiger partial charge in [0.1, 0.15) is 12.0 Å². The standard InChI is InChI=1S/C15H14F3N9/c16-15(17,18)12-11(21-24-26(12)6-19)14-23-22-13-8-3-1-2-4-9(8)25-7-20-5-10(25)27(13)14/h5,7-9,13,22H,1-4H2. The van der Waals surface area contributed by atoms with Crippen LogP contribution in [0.15, 0.2) is 17.6 Å². The van der Waals surface area contributed by atoms with Crippen LogP contribution in [-0.2, 0) is 6.18 Å². The second-order valence-electron chi connectivity index (χ2n) is 6.85. The van der Waals surface area contributed by atoms with Crippen LogP contribution in [0.25, 0.3) is 0 Å². The fourth-order valence-electron chi connectivity index (χ4n) is 4.43. The molecule has 2 aliphatic heterocycles. The number of nitriles is 1. The van der Waals surface area contributed by atoms with Gasteiger partial charge in [-0.25, -0.2) is 4.98 Å². The van der Waals surface area contributed by atoms with Gasteiger partial charge in [-0.2, -0.15) is 23.5 Å². The summed E-state index contributed by atoms with van der Waals surface area (Å²) >= 11 is 0. The molecule has 0 radical (unpaired) electrons. The second-order valence-corrected chi connectivity index (χ2v) is 6.85. The van der Waals surface area contributed by atoms with Crippen molar-refractivity contribution in [2.45, 2.75) is 44.1 Å². The van der Waals surface area contributed by atoms with E-state index < -0.39 is 17.6 Å². The molecule has 4 heterocycles. The highest BCUT2D eigenvalue weighted by Gasteiger charge is 2.50. The van der Waals surface area contributed by atoms with Gasteiger partial charge in [0.05, 0.1) is 12.5 Å². The summed E-state index contributed by atoms with van der Waals surface area (Å²) in [6, 6.07) is 0.233. The minimum atomic E-state index is -4.79. The zero-order valence-electron chi connectivity index (χ0n) is 13.9. The molecule has 5 rings (SSSR count). The van der Waals surface area contributed by atoms with Crippen LogP contribution >= 0.6 is 0 Å². The van der Waals surface area contributed by atoms with Crippen LogP contribution in [0.2, 0.25) is 0 Å². The average Bonchev–Trinajstić information content (AvgIpc) is 3.36. The Morgan fingerprint density at radius 2 is 2.07 bits per heavy atom. The molecule has 0 spiro atoms. The molecule has 2 aromatic heterocycles. The predicted molar refractivity (Wildman–Crippen MR) is 85.2 cm³/mol. The lowest BCUT2D eigenvalue weighted by molar-refractivity contribution is -0.142. The predicted octanol–water partition coefficient (Wildman–Crippen LogP) is 1.66. The van der Waals surface area contributed by atoms with Crippen molar-refractivity contribution in [3.05, 3.63) is 23.9 Å². The van der Waals surface area contributed by atoms with E-state index >= 15 is 0 Å². The summed E-state index contributed by atoms with van der Waals surface area (Å²) in [5, 5.41) is 20.1. The molecule has 3 aliphatic rings. The smallest absolute Gasteiger partial charge is 0.314 e. The summed E-state index contributed by atoms with van der Waals surface area (Å²) < 4.78 is 42.8. The summed E-state index contributed by atoms with van der Waals surface area (Å²) in [6.07, 6.45) is 3.74. The Balaban J connectivity index is 1.64. The van der Waals surface area contributed by atoms with Gasteiger partial charge in [0.2, 0.25) is 6.19 Å². The molecule has 140 valence electrons. The molecular formula is C15H14F3N9. The number of anilines is 1. The Morgan fingerprint density at radius 1 is 1.26 bits per heavy atom. The third kappa shape index (κ3) is 2.17. The molecule has 0 bridgehead atoms. The molecule has 27 heavy (non-hydrogen) atoms. The molecule has 1 saturated carbocycles. The summed E-state index contributed by atoms with van der Waals surface area (Å²) in [7, 11) is 0. The maximum absolute atomic E-state index is 13.5. The van der Waals surface area contributed by atoms with Crippen molar-refractivity contribution < 1.29 is 13.2 Å². The summed E-state index contributed by atoms with van der Waals surface area (Å²) in [5.74, 6) is 0.841. The lowest BCUT2D eigenvalue weighted by atomic mass is 9.80. The largest absolute Gasteiger partial charge is 0.436 e. The fraction of sp³-hybridized carbons (Fsp3) is 0.533. The van der Waals surface area contributed by atoms with Crippen molar-refractivity contribution in [2.24, 2.45) is 11.0 Å². The highest BCUT2D eigenvalue weighted by atomic mass is 19.4. The first-order chi connectivity index (χ1) is 13.0. The Labute approximate surface area is 151 Å². The number of hydrogen-bond donors (Lipinski definition) is 1. The molecule has 0 amide bonds. The Bertz CT molecular complexity index is 966. The molecule has 12 heteroatoms. The minimum Gasteiger partial charge on any atom is -0.314 e. The first-order valence-corrected chi connectivity index (χ1v) is 8.58. The van der Waals surface area contributed by atoms with Gasteiger partial charge < -0.3 is 4.57 Å². The van der Waals surface area contributed by atoms with Crippen LogP contribution < -0.4 is 10.3 Å². The zero-order chi connectivity index (χ0) is 18.8. The number of aromatic nitrogens is 5. The number of imidazole rings is 1. The van der Waals surface area contributed by atoms with Gasteiger partial charge in [0, 0.05) is 12.0 Å². The molecule has 0 saturated heterocycles. The van der Waals surface area contributed by atoms with Crippen LogP contribution in [-0.4, -0.2) is 36.5 Å².